The van der Waals surface area contributed by atoms with Crippen LogP contribution in [0.15, 0.2) is 4.99 Å². The summed E-state index contributed by atoms with van der Waals surface area (Å²) in [6.45, 7) is 0.878. The maximum atomic E-state index is 12.5. The van der Waals surface area contributed by atoms with Gasteiger partial charge in [0, 0.05) is 13.0 Å². The van der Waals surface area contributed by atoms with Crippen molar-refractivity contribution in [2.75, 3.05) is 13.1 Å². The number of hydrogen-bond donors (Lipinski definition) is 9. The van der Waals surface area contributed by atoms with Gasteiger partial charge in [-0.1, -0.05) is 0 Å². The predicted molar refractivity (Wildman–Crippen MR) is 113 cm³/mol. The molecule has 0 saturated carbocycles. The number of aliphatic imine (C=N–C) groups is 1. The second-order valence-electron chi connectivity index (χ2n) is 6.96. The minimum Gasteiger partial charge on any atom is -0.480 e. The van der Waals surface area contributed by atoms with Crippen LogP contribution in [0.3, 0.4) is 0 Å². The normalized spacial score (nSPS) is 14.2. The topological polar surface area (TPSA) is 278 Å². The summed E-state index contributed by atoms with van der Waals surface area (Å²) >= 11 is 0. The molecule has 0 aliphatic heterocycles. The maximum Gasteiger partial charge on any atom is 0.326 e. The third kappa shape index (κ3) is 12.3. The number of carboxylic acids is 1. The van der Waals surface area contributed by atoms with Gasteiger partial charge in [0.2, 0.25) is 23.6 Å². The molecule has 15 heteroatoms. The van der Waals surface area contributed by atoms with Gasteiger partial charge in [0.1, 0.15) is 18.1 Å². The smallest absolute Gasteiger partial charge is 0.326 e. The summed E-state index contributed by atoms with van der Waals surface area (Å²) in [5.41, 5.74) is 20.9. The van der Waals surface area contributed by atoms with E-state index in [1.165, 1.54) is 6.92 Å². The van der Waals surface area contributed by atoms with Crippen molar-refractivity contribution in [1.82, 2.24) is 16.0 Å². The molecule has 0 aliphatic rings. The highest BCUT2D eigenvalue weighted by atomic mass is 16.4. The summed E-state index contributed by atoms with van der Waals surface area (Å²) in [5, 5.41) is 25.4. The number of guanidine groups is 1. The van der Waals surface area contributed by atoms with E-state index in [0.717, 1.165) is 0 Å². The third-order valence-electron chi connectivity index (χ3n) is 4.14. The van der Waals surface area contributed by atoms with Gasteiger partial charge in [-0.3, -0.25) is 24.2 Å². The summed E-state index contributed by atoms with van der Waals surface area (Å²) in [7, 11) is 0. The molecule has 4 unspecified atom stereocenters. The number of carbonyl (C=O) groups is 5. The molecule has 0 aliphatic carbocycles. The van der Waals surface area contributed by atoms with Crippen molar-refractivity contribution < 1.29 is 34.2 Å². The lowest BCUT2D eigenvalue weighted by molar-refractivity contribution is -0.142. The lowest BCUT2D eigenvalue weighted by Gasteiger charge is -2.21. The fourth-order valence-corrected chi connectivity index (χ4v) is 2.34. The van der Waals surface area contributed by atoms with Crippen LogP contribution in [0.5, 0.6) is 0 Å². The number of aliphatic hydroxyl groups excluding tert-OH is 1. The monoisotopic (exact) mass is 460 g/mol. The van der Waals surface area contributed by atoms with Crippen LogP contribution in [0.2, 0.25) is 0 Å². The van der Waals surface area contributed by atoms with E-state index in [1.807, 2.05) is 0 Å². The summed E-state index contributed by atoms with van der Waals surface area (Å²) in [6.07, 6.45) is -1.36. The molecular weight excluding hydrogens is 428 g/mol. The molecule has 15 nitrogen and oxygen atoms in total. The SMILES string of the molecule is CC(O)C(N)C(=O)NCC(=O)NC(CCC(N)=O)C(=O)NC(CCCN=C(N)N)C(=O)O. The fraction of sp³-hybridized carbons (Fsp3) is 0.647. The first kappa shape index (κ1) is 28.5. The van der Waals surface area contributed by atoms with Gasteiger partial charge < -0.3 is 49.1 Å². The van der Waals surface area contributed by atoms with Gasteiger partial charge in [-0.25, -0.2) is 4.79 Å². The Bertz CT molecular complexity index is 709. The van der Waals surface area contributed by atoms with E-state index in [1.54, 1.807) is 0 Å². The van der Waals surface area contributed by atoms with Crippen LogP contribution in [-0.2, 0) is 24.0 Å². The highest BCUT2D eigenvalue weighted by Gasteiger charge is 2.27. The number of aliphatic carboxylic acids is 1. The average molecular weight is 460 g/mol. The van der Waals surface area contributed by atoms with Crippen LogP contribution in [0.1, 0.15) is 32.6 Å². The van der Waals surface area contributed by atoms with Gasteiger partial charge in [0.25, 0.3) is 0 Å². The van der Waals surface area contributed by atoms with Crippen molar-refractivity contribution in [3.05, 3.63) is 0 Å². The summed E-state index contributed by atoms with van der Waals surface area (Å²) < 4.78 is 0. The molecular formula is C17H32N8O7. The lowest BCUT2D eigenvalue weighted by Crippen LogP contribution is -2.54. The molecule has 0 heterocycles. The number of hydrogen-bond acceptors (Lipinski definition) is 8. The molecule has 0 aromatic heterocycles. The van der Waals surface area contributed by atoms with E-state index < -0.39 is 60.4 Å². The van der Waals surface area contributed by atoms with Gasteiger partial charge in [-0.05, 0) is 26.2 Å². The molecule has 0 fully saturated rings. The molecule has 13 N–H and O–H groups in total. The van der Waals surface area contributed by atoms with Crippen LogP contribution in [-0.4, -0.2) is 83.1 Å². The molecule has 0 aromatic carbocycles. The van der Waals surface area contributed by atoms with Gasteiger partial charge in [-0.15, -0.1) is 0 Å². The summed E-state index contributed by atoms with van der Waals surface area (Å²) in [6, 6.07) is -3.85. The molecule has 0 bridgehead atoms. The standard InChI is InChI=1S/C17H32N8O7/c1-8(26)13(19)15(30)23-7-12(28)24-9(4-5-11(18)27)14(29)25-10(16(31)32)3-2-6-22-17(20)21/h8-10,13,26H,2-7,19H2,1H3,(H2,18,27)(H,23,30)(H,24,28)(H,25,29)(H,31,32)(H4,20,21,22). The second kappa shape index (κ2) is 14.5. The van der Waals surface area contributed by atoms with E-state index in [0.29, 0.717) is 0 Å². The number of aliphatic hydroxyl groups is 1. The molecule has 4 amide bonds. The number of carbonyl (C=O) groups excluding carboxylic acids is 4. The Morgan fingerprint density at radius 1 is 0.969 bits per heavy atom. The Morgan fingerprint density at radius 3 is 2.09 bits per heavy atom. The lowest BCUT2D eigenvalue weighted by atomic mass is 10.1. The van der Waals surface area contributed by atoms with E-state index in [4.69, 9.17) is 22.9 Å². The Kier molecular flexibility index (Phi) is 13.0. The molecule has 182 valence electrons. The Hall–Kier alpha value is -3.46. The van der Waals surface area contributed by atoms with Gasteiger partial charge in [0.05, 0.1) is 12.6 Å². The van der Waals surface area contributed by atoms with E-state index in [2.05, 4.69) is 20.9 Å². The van der Waals surface area contributed by atoms with Crippen LogP contribution < -0.4 is 38.9 Å². The minimum atomic E-state index is -1.32. The number of nitrogens with zero attached hydrogens (tertiary/aromatic N) is 1. The number of nitrogens with one attached hydrogen (secondary N) is 3. The molecule has 0 saturated heterocycles. The quantitative estimate of drug-likeness (QED) is 0.0638. The number of amides is 4. The van der Waals surface area contributed by atoms with Crippen LogP contribution in [0.4, 0.5) is 0 Å². The largest absolute Gasteiger partial charge is 0.480 e. The van der Waals surface area contributed by atoms with Crippen molar-refractivity contribution in [3.8, 4) is 0 Å². The molecule has 4 atom stereocenters. The molecule has 32 heavy (non-hydrogen) atoms. The number of primary amides is 1. The first-order chi connectivity index (χ1) is 14.8. The fourth-order valence-electron chi connectivity index (χ4n) is 2.34. The zero-order valence-corrected chi connectivity index (χ0v) is 17.7. The van der Waals surface area contributed by atoms with Gasteiger partial charge in [0.15, 0.2) is 5.96 Å². The molecule has 0 aromatic rings. The Labute approximate surface area is 184 Å². The summed E-state index contributed by atoms with van der Waals surface area (Å²) in [5.74, 6) is -4.67. The summed E-state index contributed by atoms with van der Waals surface area (Å²) in [4.78, 5) is 62.6. The highest BCUT2D eigenvalue weighted by molar-refractivity contribution is 5.92. The van der Waals surface area contributed by atoms with Crippen LogP contribution in [0, 0.1) is 0 Å². The Morgan fingerprint density at radius 2 is 1.59 bits per heavy atom. The van der Waals surface area contributed by atoms with Crippen molar-refractivity contribution in [2.45, 2.75) is 56.8 Å². The average Bonchev–Trinajstić information content (AvgIpc) is 2.69. The van der Waals surface area contributed by atoms with Gasteiger partial charge in [-0.2, -0.15) is 0 Å². The highest BCUT2D eigenvalue weighted by Crippen LogP contribution is 2.03. The van der Waals surface area contributed by atoms with Crippen LogP contribution in [0.25, 0.3) is 0 Å². The van der Waals surface area contributed by atoms with Crippen molar-refractivity contribution in [1.29, 1.82) is 0 Å². The first-order valence-electron chi connectivity index (χ1n) is 9.72. The predicted octanol–water partition coefficient (Wildman–Crippen LogP) is -4.82. The number of carboxylic acid groups (broad SMARTS) is 1. The third-order valence-corrected chi connectivity index (χ3v) is 4.14. The second-order valence-corrected chi connectivity index (χ2v) is 6.96. The first-order valence-corrected chi connectivity index (χ1v) is 9.72. The number of nitrogens with two attached hydrogens (primary N) is 4. The molecule has 0 rings (SSSR count). The van der Waals surface area contributed by atoms with Gasteiger partial charge >= 0.3 is 5.97 Å². The van der Waals surface area contributed by atoms with E-state index >= 15 is 0 Å². The van der Waals surface area contributed by atoms with Crippen molar-refractivity contribution in [2.24, 2.45) is 27.9 Å². The van der Waals surface area contributed by atoms with E-state index in [-0.39, 0.29) is 38.2 Å². The molecule has 0 spiro atoms. The molecule has 0 radical (unpaired) electrons. The minimum absolute atomic E-state index is 0.00162. The maximum absolute atomic E-state index is 12.5. The van der Waals surface area contributed by atoms with E-state index in [9.17, 15) is 34.2 Å². The van der Waals surface area contributed by atoms with Crippen molar-refractivity contribution in [3.63, 3.8) is 0 Å². The number of rotatable bonds is 15. The zero-order chi connectivity index (χ0) is 24.8. The van der Waals surface area contributed by atoms with Crippen LogP contribution >= 0.6 is 0 Å². The van der Waals surface area contributed by atoms with Crippen molar-refractivity contribution >= 4 is 35.6 Å². The Balaban J connectivity index is 5.01. The zero-order valence-electron chi connectivity index (χ0n) is 17.7.